The van der Waals surface area contributed by atoms with Gasteiger partial charge >= 0.3 is 6.09 Å². The summed E-state index contributed by atoms with van der Waals surface area (Å²) in [6, 6.07) is 23.7. The second kappa shape index (κ2) is 13.9. The number of imide groups is 1. The Morgan fingerprint density at radius 1 is 0.920 bits per heavy atom. The molecule has 0 spiro atoms. The van der Waals surface area contributed by atoms with Gasteiger partial charge < -0.3 is 24.6 Å². The Bertz CT molecular complexity index is 1700. The van der Waals surface area contributed by atoms with Crippen molar-refractivity contribution in [1.82, 2.24) is 10.2 Å². The van der Waals surface area contributed by atoms with Crippen LogP contribution in [0, 0.1) is 10.8 Å². The fourth-order valence-electron chi connectivity index (χ4n) is 8.79. The monoisotopic (exact) mass is 681 g/mol. The van der Waals surface area contributed by atoms with E-state index in [1.807, 2.05) is 66.7 Å². The molecule has 2 N–H and O–H groups in total. The molecule has 1 aliphatic carbocycles. The molecule has 50 heavy (non-hydrogen) atoms. The molecule has 4 aliphatic rings. The lowest BCUT2D eigenvalue weighted by atomic mass is 9.65. The van der Waals surface area contributed by atoms with Crippen molar-refractivity contribution >= 4 is 23.6 Å². The number of hydrogen-bond acceptors (Lipinski definition) is 8. The van der Waals surface area contributed by atoms with Crippen molar-refractivity contribution in [2.24, 2.45) is 10.8 Å². The van der Waals surface area contributed by atoms with Gasteiger partial charge in [0.2, 0.25) is 5.91 Å². The smallest absolute Gasteiger partial charge is 0.408 e. The van der Waals surface area contributed by atoms with E-state index >= 15 is 0 Å². The number of carbonyl (C=O) groups excluding carboxylic acids is 3. The Morgan fingerprint density at radius 2 is 1.64 bits per heavy atom. The first kappa shape index (κ1) is 34.4. The summed E-state index contributed by atoms with van der Waals surface area (Å²) in [5.74, 6) is -0.913. The number of aliphatic hydroxyl groups is 1. The second-order valence-electron chi connectivity index (χ2n) is 15.6. The minimum absolute atomic E-state index is 0.0187. The lowest BCUT2D eigenvalue weighted by Gasteiger charge is -2.41. The number of aliphatic hydroxyl groups excluding tert-OH is 1. The summed E-state index contributed by atoms with van der Waals surface area (Å²) in [5.41, 5.74) is 4.52. The maximum Gasteiger partial charge on any atom is 0.408 e. The molecule has 10 nitrogen and oxygen atoms in total. The van der Waals surface area contributed by atoms with Crippen LogP contribution in [0.1, 0.15) is 87.5 Å². The van der Waals surface area contributed by atoms with Gasteiger partial charge in [0, 0.05) is 31.1 Å². The average Bonchev–Trinajstić information content (AvgIpc) is 3.51. The topological polar surface area (TPSA) is 118 Å². The molecule has 3 amide bonds. The number of amides is 3. The normalized spacial score (nSPS) is 29.3. The lowest BCUT2D eigenvalue weighted by Crippen LogP contribution is -2.42. The second-order valence-corrected chi connectivity index (χ2v) is 15.6. The molecule has 3 aromatic carbocycles. The van der Waals surface area contributed by atoms with Crippen LogP contribution in [0.3, 0.4) is 0 Å². The van der Waals surface area contributed by atoms with Crippen molar-refractivity contribution in [3.8, 4) is 0 Å². The highest BCUT2D eigenvalue weighted by molar-refractivity contribution is 6.22. The molecule has 3 saturated heterocycles. The number of benzene rings is 3. The maximum absolute atomic E-state index is 13.3. The third-order valence-corrected chi connectivity index (χ3v) is 10.7. The number of ether oxygens (including phenoxy) is 3. The van der Waals surface area contributed by atoms with E-state index in [-0.39, 0.29) is 31.8 Å². The number of fused-ring (bicyclic) bond motifs is 2. The molecule has 3 aromatic rings. The molecule has 264 valence electrons. The Kier molecular flexibility index (Phi) is 9.56. The molecule has 0 aromatic heterocycles. The van der Waals surface area contributed by atoms with E-state index < -0.39 is 30.2 Å². The highest BCUT2D eigenvalue weighted by Crippen LogP contribution is 2.53. The van der Waals surface area contributed by atoms with Crippen molar-refractivity contribution in [2.45, 2.75) is 96.7 Å². The van der Waals surface area contributed by atoms with Crippen LogP contribution in [-0.2, 0) is 37.0 Å². The number of rotatable bonds is 9. The fourth-order valence-corrected chi connectivity index (χ4v) is 8.79. The van der Waals surface area contributed by atoms with Crippen molar-refractivity contribution in [3.05, 3.63) is 101 Å². The molecular weight excluding hydrogens is 634 g/mol. The maximum atomic E-state index is 13.3. The number of alkyl carbamates (subject to hydrolysis) is 1. The van der Waals surface area contributed by atoms with E-state index in [4.69, 9.17) is 14.2 Å². The van der Waals surface area contributed by atoms with E-state index in [0.717, 1.165) is 40.2 Å². The van der Waals surface area contributed by atoms with Crippen LogP contribution in [-0.4, -0.2) is 59.2 Å². The minimum atomic E-state index is -1.01. The molecule has 3 unspecified atom stereocenters. The highest BCUT2D eigenvalue weighted by atomic mass is 16.7. The van der Waals surface area contributed by atoms with Gasteiger partial charge in [-0.2, -0.15) is 0 Å². The molecule has 3 heterocycles. The van der Waals surface area contributed by atoms with Crippen LogP contribution in [0.4, 0.5) is 10.5 Å². The Labute approximate surface area is 293 Å². The summed E-state index contributed by atoms with van der Waals surface area (Å²) in [6.45, 7) is 9.12. The molecule has 4 fully saturated rings. The minimum Gasteiger partial charge on any atom is -0.445 e. The molecule has 10 heteroatoms. The van der Waals surface area contributed by atoms with E-state index in [9.17, 15) is 19.5 Å². The summed E-state index contributed by atoms with van der Waals surface area (Å²) in [7, 11) is 0. The van der Waals surface area contributed by atoms with Gasteiger partial charge in [-0.3, -0.25) is 14.5 Å². The Balaban J connectivity index is 1.04. The number of hydrogen-bond donors (Lipinski definition) is 2. The van der Waals surface area contributed by atoms with Gasteiger partial charge in [-0.1, -0.05) is 87.5 Å². The van der Waals surface area contributed by atoms with Crippen molar-refractivity contribution in [1.29, 1.82) is 0 Å². The third-order valence-electron chi connectivity index (χ3n) is 10.7. The van der Waals surface area contributed by atoms with Crippen LogP contribution in [0.15, 0.2) is 78.9 Å². The number of nitrogens with zero attached hydrogens (tertiary/aromatic N) is 2. The first-order valence-electron chi connectivity index (χ1n) is 17.7. The Morgan fingerprint density at radius 3 is 2.36 bits per heavy atom. The SMILES string of the molecule is CC1(C)CC2CC(C)(CN2C[C@H]2C[C@@H](c3ccc(CO)cc3)O[C@@H](c3ccc(N4C(=O)CC(NC(=O)OCc5ccccc5)C4=O)cc3)O2)C1. The van der Waals surface area contributed by atoms with Gasteiger partial charge in [0.25, 0.3) is 5.91 Å². The van der Waals surface area contributed by atoms with Gasteiger partial charge in [-0.25, -0.2) is 9.69 Å². The fraction of sp³-hybridized carbons (Fsp3) is 0.475. The van der Waals surface area contributed by atoms with Crippen LogP contribution >= 0.6 is 0 Å². The van der Waals surface area contributed by atoms with Crippen molar-refractivity contribution in [3.63, 3.8) is 0 Å². The zero-order valence-corrected chi connectivity index (χ0v) is 29.0. The van der Waals surface area contributed by atoms with Crippen LogP contribution in [0.5, 0.6) is 0 Å². The highest BCUT2D eigenvalue weighted by Gasteiger charge is 2.50. The molecule has 1 saturated carbocycles. The van der Waals surface area contributed by atoms with E-state index in [1.165, 1.54) is 19.3 Å². The predicted molar refractivity (Wildman–Crippen MR) is 187 cm³/mol. The quantitative estimate of drug-likeness (QED) is 0.257. The Hall–Kier alpha value is -4.09. The average molecular weight is 682 g/mol. The first-order valence-corrected chi connectivity index (χ1v) is 17.7. The number of nitrogens with one attached hydrogen (secondary N) is 1. The van der Waals surface area contributed by atoms with E-state index in [0.29, 0.717) is 29.0 Å². The number of likely N-dealkylation sites (tertiary alicyclic amines) is 1. The van der Waals surface area contributed by atoms with Gasteiger partial charge in [0.1, 0.15) is 12.6 Å². The molecule has 3 aliphatic heterocycles. The standard InChI is InChI=1S/C40H47N3O7/c1-39(2)19-31-20-40(3,24-39)25-42(31)21-32-17-34(28-11-9-26(22-44)10-12-28)50-37(49-32)29-13-15-30(16-14-29)43-35(45)18-33(36(43)46)41-38(47)48-23-27-7-5-4-6-8-27/h4-16,31-34,37,44H,17-25H2,1-3H3,(H,41,47)/t31?,32-,33?,34+,37+,40?/m1/s1. The molecule has 0 radical (unpaired) electrons. The number of anilines is 1. The zero-order chi connectivity index (χ0) is 35.0. The summed E-state index contributed by atoms with van der Waals surface area (Å²) in [6.07, 6.45) is 2.49. The summed E-state index contributed by atoms with van der Waals surface area (Å²) >= 11 is 0. The van der Waals surface area contributed by atoms with Crippen molar-refractivity contribution < 1.29 is 33.7 Å². The molecular formula is C40H47N3O7. The number of carbonyl (C=O) groups is 3. The zero-order valence-electron chi connectivity index (χ0n) is 29.0. The predicted octanol–water partition coefficient (Wildman–Crippen LogP) is 6.18. The summed E-state index contributed by atoms with van der Waals surface area (Å²) < 4.78 is 18.5. The molecule has 6 atom stereocenters. The van der Waals surface area contributed by atoms with Crippen molar-refractivity contribution in [2.75, 3.05) is 18.0 Å². The van der Waals surface area contributed by atoms with Crippen LogP contribution < -0.4 is 10.2 Å². The van der Waals surface area contributed by atoms with Crippen LogP contribution in [0.2, 0.25) is 0 Å². The summed E-state index contributed by atoms with van der Waals surface area (Å²) in [4.78, 5) is 42.4. The largest absolute Gasteiger partial charge is 0.445 e. The molecule has 7 rings (SSSR count). The van der Waals surface area contributed by atoms with Gasteiger partial charge in [0.15, 0.2) is 6.29 Å². The van der Waals surface area contributed by atoms with Crippen LogP contribution in [0.25, 0.3) is 0 Å². The van der Waals surface area contributed by atoms with Gasteiger partial charge in [-0.15, -0.1) is 0 Å². The van der Waals surface area contributed by atoms with E-state index in [2.05, 4.69) is 31.0 Å². The molecule has 2 bridgehead atoms. The van der Waals surface area contributed by atoms with Gasteiger partial charge in [-0.05, 0) is 58.9 Å². The van der Waals surface area contributed by atoms with E-state index in [1.54, 1.807) is 12.1 Å². The summed E-state index contributed by atoms with van der Waals surface area (Å²) in [5, 5.41) is 12.1. The third kappa shape index (κ3) is 7.49. The first-order chi connectivity index (χ1) is 24.0. The lowest BCUT2D eigenvalue weighted by molar-refractivity contribution is -0.253. The van der Waals surface area contributed by atoms with Gasteiger partial charge in [0.05, 0.1) is 30.9 Å².